The first-order valence-corrected chi connectivity index (χ1v) is 14.7. The van der Waals surface area contributed by atoms with Gasteiger partial charge in [0.15, 0.2) is 5.58 Å². The first-order valence-electron chi connectivity index (χ1n) is 13.9. The summed E-state index contributed by atoms with van der Waals surface area (Å²) in [6.07, 6.45) is 0. The number of thiophene rings is 1. The third-order valence-corrected chi connectivity index (χ3v) is 9.34. The molecule has 2 nitrogen and oxygen atoms in total. The highest BCUT2D eigenvalue weighted by Crippen LogP contribution is 2.43. The van der Waals surface area contributed by atoms with E-state index in [0.717, 1.165) is 38.7 Å². The predicted octanol–water partition coefficient (Wildman–Crippen LogP) is 11.2. The minimum absolute atomic E-state index is 0.903. The van der Waals surface area contributed by atoms with Gasteiger partial charge in [-0.15, -0.1) is 11.3 Å². The van der Waals surface area contributed by atoms with Crippen molar-refractivity contribution in [1.29, 1.82) is 0 Å². The van der Waals surface area contributed by atoms with Gasteiger partial charge in [0.1, 0.15) is 11.1 Å². The third kappa shape index (κ3) is 3.36. The zero-order chi connectivity index (χ0) is 26.9. The number of hydrogen-bond donors (Lipinski definition) is 0. The SMILES string of the molecule is c1ccc(-n2c3ccccc3c3oc4cccc(-c5cccc(-c6ccc7c(c6)sc6ccccc67)c5)c4c32)cc1. The van der Waals surface area contributed by atoms with Crippen molar-refractivity contribution in [1.82, 2.24) is 4.57 Å². The first kappa shape index (κ1) is 22.7. The fraction of sp³-hybridized carbons (Fsp3) is 0. The predicted molar refractivity (Wildman–Crippen MR) is 174 cm³/mol. The standard InChI is InChI=1S/C38H23NOS/c1-2-12-27(13-3-1)39-32-17-6-4-15-31(32)38-37(39)36-28(16-9-18-33(36)40-38)26-11-8-10-24(22-26)25-20-21-30-29-14-5-7-19-34(29)41-35(30)23-25/h1-23H. The normalized spacial score (nSPS) is 11.9. The molecule has 0 saturated carbocycles. The second-order valence-corrected chi connectivity index (χ2v) is 11.6. The maximum absolute atomic E-state index is 6.60. The second kappa shape index (κ2) is 8.69. The van der Waals surface area contributed by atoms with Crippen LogP contribution in [0.2, 0.25) is 0 Å². The van der Waals surface area contributed by atoms with Crippen LogP contribution in [0.3, 0.4) is 0 Å². The zero-order valence-electron chi connectivity index (χ0n) is 22.0. The molecular weight excluding hydrogens is 518 g/mol. The number of benzene rings is 6. The van der Waals surface area contributed by atoms with Crippen LogP contribution in [-0.4, -0.2) is 4.57 Å². The van der Waals surface area contributed by atoms with Crippen molar-refractivity contribution in [3.05, 3.63) is 140 Å². The summed E-state index contributed by atoms with van der Waals surface area (Å²) in [7, 11) is 0. The van der Waals surface area contributed by atoms with Gasteiger partial charge in [-0.2, -0.15) is 0 Å². The molecule has 6 aromatic carbocycles. The van der Waals surface area contributed by atoms with E-state index in [1.54, 1.807) is 0 Å². The molecule has 0 radical (unpaired) electrons. The van der Waals surface area contributed by atoms with E-state index in [9.17, 15) is 0 Å². The molecule has 9 aromatic rings. The average Bonchev–Trinajstić information content (AvgIpc) is 3.70. The van der Waals surface area contributed by atoms with Crippen LogP contribution in [0.1, 0.15) is 0 Å². The molecule has 3 heteroatoms. The molecule has 0 aliphatic rings. The summed E-state index contributed by atoms with van der Waals surface area (Å²) < 4.78 is 11.6. The first-order chi connectivity index (χ1) is 20.3. The van der Waals surface area contributed by atoms with Crippen molar-refractivity contribution in [2.24, 2.45) is 0 Å². The van der Waals surface area contributed by atoms with Crippen LogP contribution in [0.4, 0.5) is 0 Å². The van der Waals surface area contributed by atoms with E-state index < -0.39 is 0 Å². The Balaban J connectivity index is 1.28. The minimum Gasteiger partial charge on any atom is -0.454 e. The highest BCUT2D eigenvalue weighted by atomic mass is 32.1. The summed E-state index contributed by atoms with van der Waals surface area (Å²) in [5.74, 6) is 0. The Morgan fingerprint density at radius 2 is 1.24 bits per heavy atom. The lowest BCUT2D eigenvalue weighted by Crippen LogP contribution is -1.93. The van der Waals surface area contributed by atoms with Gasteiger partial charge >= 0.3 is 0 Å². The Bertz CT molecular complexity index is 2420. The minimum atomic E-state index is 0.903. The van der Waals surface area contributed by atoms with Crippen molar-refractivity contribution in [3.8, 4) is 27.9 Å². The highest BCUT2D eigenvalue weighted by Gasteiger charge is 2.21. The Morgan fingerprint density at radius 3 is 2.17 bits per heavy atom. The number of fused-ring (bicyclic) bond motifs is 8. The van der Waals surface area contributed by atoms with Gasteiger partial charge in [0.2, 0.25) is 0 Å². The van der Waals surface area contributed by atoms with Gasteiger partial charge in [0, 0.05) is 31.2 Å². The summed E-state index contributed by atoms with van der Waals surface area (Å²) in [5.41, 5.74) is 10.0. The van der Waals surface area contributed by atoms with Gasteiger partial charge in [-0.3, -0.25) is 0 Å². The van der Waals surface area contributed by atoms with Crippen LogP contribution in [0, 0.1) is 0 Å². The molecular formula is C38H23NOS. The van der Waals surface area contributed by atoms with Crippen molar-refractivity contribution >= 4 is 64.5 Å². The lowest BCUT2D eigenvalue weighted by Gasteiger charge is -2.10. The molecule has 0 aliphatic carbocycles. The Kier molecular flexibility index (Phi) is 4.80. The van der Waals surface area contributed by atoms with E-state index in [4.69, 9.17) is 4.42 Å². The van der Waals surface area contributed by atoms with Gasteiger partial charge in [-0.1, -0.05) is 91.0 Å². The summed E-state index contributed by atoms with van der Waals surface area (Å²) >= 11 is 1.86. The Morgan fingerprint density at radius 1 is 0.512 bits per heavy atom. The quantitative estimate of drug-likeness (QED) is 0.217. The maximum atomic E-state index is 6.60. The molecule has 0 atom stereocenters. The van der Waals surface area contributed by atoms with Crippen molar-refractivity contribution < 1.29 is 4.42 Å². The fourth-order valence-electron chi connectivity index (χ4n) is 6.37. The lowest BCUT2D eigenvalue weighted by molar-refractivity contribution is 0.673. The number of rotatable bonds is 3. The number of furan rings is 1. The molecule has 192 valence electrons. The van der Waals surface area contributed by atoms with E-state index in [1.165, 1.54) is 42.4 Å². The van der Waals surface area contributed by atoms with Crippen LogP contribution in [0.15, 0.2) is 144 Å². The third-order valence-electron chi connectivity index (χ3n) is 8.20. The smallest absolute Gasteiger partial charge is 0.161 e. The Labute approximate surface area is 240 Å². The largest absolute Gasteiger partial charge is 0.454 e. The van der Waals surface area contributed by atoms with Crippen LogP contribution in [0.5, 0.6) is 0 Å². The van der Waals surface area contributed by atoms with E-state index in [2.05, 4.69) is 144 Å². The van der Waals surface area contributed by atoms with Crippen molar-refractivity contribution in [2.75, 3.05) is 0 Å². The summed E-state index contributed by atoms with van der Waals surface area (Å²) in [6, 6.07) is 49.9. The van der Waals surface area contributed by atoms with Gasteiger partial charge in [-0.05, 0) is 70.8 Å². The monoisotopic (exact) mass is 541 g/mol. The zero-order valence-corrected chi connectivity index (χ0v) is 22.9. The molecule has 0 saturated heterocycles. The molecule has 0 spiro atoms. The van der Waals surface area contributed by atoms with Crippen molar-refractivity contribution in [2.45, 2.75) is 0 Å². The molecule has 0 fully saturated rings. The fourth-order valence-corrected chi connectivity index (χ4v) is 7.51. The molecule has 0 unspecified atom stereocenters. The highest BCUT2D eigenvalue weighted by molar-refractivity contribution is 7.25. The number of aromatic nitrogens is 1. The topological polar surface area (TPSA) is 18.1 Å². The van der Waals surface area contributed by atoms with E-state index in [0.29, 0.717) is 0 Å². The molecule has 3 aromatic heterocycles. The number of para-hydroxylation sites is 2. The second-order valence-electron chi connectivity index (χ2n) is 10.5. The molecule has 0 amide bonds. The van der Waals surface area contributed by atoms with E-state index in [1.807, 2.05) is 11.3 Å². The molecule has 41 heavy (non-hydrogen) atoms. The van der Waals surface area contributed by atoms with Crippen LogP contribution in [0.25, 0.3) is 81.1 Å². The summed E-state index contributed by atoms with van der Waals surface area (Å²) in [5, 5.41) is 4.92. The molecule has 0 N–H and O–H groups in total. The van der Waals surface area contributed by atoms with Crippen LogP contribution >= 0.6 is 11.3 Å². The Hall–Kier alpha value is -5.12. The summed E-state index contributed by atoms with van der Waals surface area (Å²) in [4.78, 5) is 0. The molecule has 3 heterocycles. The summed E-state index contributed by atoms with van der Waals surface area (Å²) in [6.45, 7) is 0. The average molecular weight is 542 g/mol. The molecule has 0 bridgehead atoms. The van der Waals surface area contributed by atoms with Gasteiger partial charge < -0.3 is 8.98 Å². The lowest BCUT2D eigenvalue weighted by atomic mass is 9.96. The van der Waals surface area contributed by atoms with E-state index in [-0.39, 0.29) is 0 Å². The molecule has 9 rings (SSSR count). The van der Waals surface area contributed by atoms with Gasteiger partial charge in [0.25, 0.3) is 0 Å². The number of nitrogens with zero attached hydrogens (tertiary/aromatic N) is 1. The molecule has 0 aliphatic heterocycles. The van der Waals surface area contributed by atoms with Gasteiger partial charge in [-0.25, -0.2) is 0 Å². The number of hydrogen-bond acceptors (Lipinski definition) is 2. The van der Waals surface area contributed by atoms with Crippen LogP contribution < -0.4 is 0 Å². The van der Waals surface area contributed by atoms with Gasteiger partial charge in [0.05, 0.1) is 10.9 Å². The van der Waals surface area contributed by atoms with Crippen LogP contribution in [-0.2, 0) is 0 Å². The van der Waals surface area contributed by atoms with Crippen molar-refractivity contribution in [3.63, 3.8) is 0 Å². The maximum Gasteiger partial charge on any atom is 0.161 e. The van der Waals surface area contributed by atoms with E-state index >= 15 is 0 Å².